The second-order valence-corrected chi connectivity index (χ2v) is 4.18. The molecule has 1 amide bonds. The first kappa shape index (κ1) is 13.1. The number of nitrogens with one attached hydrogen (secondary N) is 1. The van der Waals surface area contributed by atoms with E-state index in [1.165, 1.54) is 18.3 Å². The summed E-state index contributed by atoms with van der Waals surface area (Å²) in [5.41, 5.74) is 3.52. The van der Waals surface area contributed by atoms with Gasteiger partial charge in [-0.2, -0.15) is 5.10 Å². The number of carbonyl (C=O) groups is 1. The van der Waals surface area contributed by atoms with Gasteiger partial charge in [0.1, 0.15) is 5.75 Å². The number of hydrogen-bond donors (Lipinski definition) is 2. The molecule has 0 unspecified atom stereocenters. The molecule has 5 heteroatoms. The number of halogens is 1. The van der Waals surface area contributed by atoms with E-state index in [0.717, 1.165) is 5.56 Å². The Bertz CT molecular complexity index is 609. The number of nitrogens with zero attached hydrogens (tertiary/aromatic N) is 1. The number of carbonyl (C=O) groups excluding carboxylic acids is 1. The third-order valence-electron chi connectivity index (χ3n) is 2.39. The van der Waals surface area contributed by atoms with Crippen LogP contribution in [0.15, 0.2) is 53.6 Å². The molecule has 0 bridgehead atoms. The van der Waals surface area contributed by atoms with Crippen LogP contribution in [0.4, 0.5) is 0 Å². The van der Waals surface area contributed by atoms with Crippen LogP contribution in [0.2, 0.25) is 5.02 Å². The van der Waals surface area contributed by atoms with Crippen molar-refractivity contribution in [3.8, 4) is 5.75 Å². The summed E-state index contributed by atoms with van der Waals surface area (Å²) in [7, 11) is 0. The summed E-state index contributed by atoms with van der Waals surface area (Å²) in [6, 6.07) is 13.2. The van der Waals surface area contributed by atoms with Gasteiger partial charge in [-0.1, -0.05) is 23.7 Å². The third-order valence-corrected chi connectivity index (χ3v) is 2.72. The monoisotopic (exact) mass is 274 g/mol. The average molecular weight is 275 g/mol. The van der Waals surface area contributed by atoms with Gasteiger partial charge in [-0.25, -0.2) is 5.43 Å². The van der Waals surface area contributed by atoms with Gasteiger partial charge in [0, 0.05) is 0 Å². The number of hydrogen-bond acceptors (Lipinski definition) is 3. The van der Waals surface area contributed by atoms with Crippen LogP contribution >= 0.6 is 11.6 Å². The summed E-state index contributed by atoms with van der Waals surface area (Å²) in [5.74, 6) is -0.196. The maximum Gasteiger partial charge on any atom is 0.272 e. The van der Waals surface area contributed by atoms with Gasteiger partial charge in [0.05, 0.1) is 16.8 Å². The first-order valence-electron chi connectivity index (χ1n) is 5.54. The molecule has 0 atom stereocenters. The molecule has 2 aromatic carbocycles. The van der Waals surface area contributed by atoms with Crippen molar-refractivity contribution in [2.45, 2.75) is 0 Å². The smallest absolute Gasteiger partial charge is 0.272 e. The number of hydrazone groups is 1. The molecule has 0 heterocycles. The first-order chi connectivity index (χ1) is 9.16. The van der Waals surface area contributed by atoms with Crippen LogP contribution in [0.3, 0.4) is 0 Å². The van der Waals surface area contributed by atoms with E-state index in [9.17, 15) is 4.79 Å². The predicted molar refractivity (Wildman–Crippen MR) is 74.6 cm³/mol. The normalized spacial score (nSPS) is 10.6. The number of phenolic OH excluding ortho intramolecular Hbond substituents is 1. The summed E-state index contributed by atoms with van der Waals surface area (Å²) in [4.78, 5) is 11.8. The van der Waals surface area contributed by atoms with Crippen LogP contribution in [0, 0.1) is 0 Å². The minimum Gasteiger partial charge on any atom is -0.508 e. The molecule has 0 fully saturated rings. The zero-order valence-electron chi connectivity index (χ0n) is 9.88. The first-order valence-corrected chi connectivity index (χ1v) is 5.91. The van der Waals surface area contributed by atoms with Gasteiger partial charge < -0.3 is 5.11 Å². The van der Waals surface area contributed by atoms with E-state index in [2.05, 4.69) is 10.5 Å². The van der Waals surface area contributed by atoms with Crippen LogP contribution in [0.5, 0.6) is 5.75 Å². The Kier molecular flexibility index (Phi) is 4.15. The van der Waals surface area contributed by atoms with Crippen molar-refractivity contribution in [3.63, 3.8) is 0 Å². The molecular weight excluding hydrogens is 264 g/mol. The van der Waals surface area contributed by atoms with Crippen molar-refractivity contribution >= 4 is 23.7 Å². The number of benzene rings is 2. The lowest BCUT2D eigenvalue weighted by atomic mass is 10.2. The van der Waals surface area contributed by atoms with E-state index in [0.29, 0.717) is 10.6 Å². The second kappa shape index (κ2) is 6.02. The highest BCUT2D eigenvalue weighted by molar-refractivity contribution is 6.33. The van der Waals surface area contributed by atoms with Gasteiger partial charge in [-0.3, -0.25) is 4.79 Å². The van der Waals surface area contributed by atoms with Crippen molar-refractivity contribution in [1.82, 2.24) is 5.43 Å². The standard InChI is InChI=1S/C14H11ClN2O2/c15-13-4-2-1-3-12(13)14(19)17-16-9-10-5-7-11(18)8-6-10/h1-9,18H,(H,17,19)/b16-9+. The van der Waals surface area contributed by atoms with E-state index >= 15 is 0 Å². The highest BCUT2D eigenvalue weighted by Crippen LogP contribution is 2.14. The molecule has 2 aromatic rings. The maximum absolute atomic E-state index is 11.8. The van der Waals surface area contributed by atoms with Gasteiger partial charge in [0.15, 0.2) is 0 Å². The summed E-state index contributed by atoms with van der Waals surface area (Å²) in [6.45, 7) is 0. The molecule has 0 aromatic heterocycles. The summed E-state index contributed by atoms with van der Waals surface area (Å²) >= 11 is 5.89. The van der Waals surface area contributed by atoms with Gasteiger partial charge >= 0.3 is 0 Å². The maximum atomic E-state index is 11.8. The van der Waals surface area contributed by atoms with Crippen molar-refractivity contribution in [1.29, 1.82) is 0 Å². The zero-order chi connectivity index (χ0) is 13.7. The van der Waals surface area contributed by atoms with Gasteiger partial charge in [0.2, 0.25) is 0 Å². The Morgan fingerprint density at radius 3 is 2.53 bits per heavy atom. The molecule has 0 spiro atoms. The fraction of sp³-hybridized carbons (Fsp3) is 0. The van der Waals surface area contributed by atoms with E-state index in [-0.39, 0.29) is 11.7 Å². The molecule has 96 valence electrons. The SMILES string of the molecule is O=C(N/N=C/c1ccc(O)cc1)c1ccccc1Cl. The summed E-state index contributed by atoms with van der Waals surface area (Å²) < 4.78 is 0. The van der Waals surface area contributed by atoms with E-state index in [4.69, 9.17) is 16.7 Å². The largest absolute Gasteiger partial charge is 0.508 e. The lowest BCUT2D eigenvalue weighted by molar-refractivity contribution is 0.0955. The number of phenols is 1. The van der Waals surface area contributed by atoms with Gasteiger partial charge in [-0.05, 0) is 42.0 Å². The van der Waals surface area contributed by atoms with Crippen molar-refractivity contribution in [2.75, 3.05) is 0 Å². The summed E-state index contributed by atoms with van der Waals surface area (Å²) in [6.07, 6.45) is 1.48. The topological polar surface area (TPSA) is 61.7 Å². The number of amides is 1. The average Bonchev–Trinajstić information content (AvgIpc) is 2.41. The lowest BCUT2D eigenvalue weighted by Gasteiger charge is -2.01. The number of rotatable bonds is 3. The van der Waals surface area contributed by atoms with Gasteiger partial charge in [-0.15, -0.1) is 0 Å². The minimum absolute atomic E-state index is 0.178. The van der Waals surface area contributed by atoms with Crippen LogP contribution in [0.1, 0.15) is 15.9 Å². The van der Waals surface area contributed by atoms with E-state index in [1.54, 1.807) is 36.4 Å². The Balaban J connectivity index is 2.01. The van der Waals surface area contributed by atoms with Crippen molar-refractivity contribution in [3.05, 3.63) is 64.7 Å². The van der Waals surface area contributed by atoms with E-state index in [1.807, 2.05) is 0 Å². The minimum atomic E-state index is -0.374. The highest BCUT2D eigenvalue weighted by Gasteiger charge is 2.07. The molecule has 0 aliphatic rings. The zero-order valence-corrected chi connectivity index (χ0v) is 10.6. The molecule has 0 saturated heterocycles. The van der Waals surface area contributed by atoms with Crippen LogP contribution < -0.4 is 5.43 Å². The molecule has 0 radical (unpaired) electrons. The molecule has 0 saturated carbocycles. The fourth-order valence-corrected chi connectivity index (χ4v) is 1.65. The van der Waals surface area contributed by atoms with Crippen LogP contribution in [-0.4, -0.2) is 17.2 Å². The number of aromatic hydroxyl groups is 1. The molecule has 4 nitrogen and oxygen atoms in total. The molecule has 0 aliphatic heterocycles. The Hall–Kier alpha value is -2.33. The van der Waals surface area contributed by atoms with Crippen molar-refractivity contribution < 1.29 is 9.90 Å². The highest BCUT2D eigenvalue weighted by atomic mass is 35.5. The molecule has 0 aliphatic carbocycles. The Morgan fingerprint density at radius 1 is 1.16 bits per heavy atom. The van der Waals surface area contributed by atoms with E-state index < -0.39 is 0 Å². The lowest BCUT2D eigenvalue weighted by Crippen LogP contribution is -2.17. The van der Waals surface area contributed by atoms with Gasteiger partial charge in [0.25, 0.3) is 5.91 Å². The Labute approximate surface area is 115 Å². The van der Waals surface area contributed by atoms with Crippen molar-refractivity contribution in [2.24, 2.45) is 5.10 Å². The molecular formula is C14H11ClN2O2. The molecule has 19 heavy (non-hydrogen) atoms. The fourth-order valence-electron chi connectivity index (χ4n) is 1.43. The quantitative estimate of drug-likeness (QED) is 0.668. The molecule has 2 N–H and O–H groups in total. The predicted octanol–water partition coefficient (Wildman–Crippen LogP) is 2.81. The van der Waals surface area contributed by atoms with Crippen LogP contribution in [-0.2, 0) is 0 Å². The Morgan fingerprint density at radius 2 is 1.84 bits per heavy atom. The van der Waals surface area contributed by atoms with Crippen LogP contribution in [0.25, 0.3) is 0 Å². The third kappa shape index (κ3) is 3.56. The summed E-state index contributed by atoms with van der Waals surface area (Å²) in [5, 5.41) is 13.3. The molecule has 2 rings (SSSR count). The second-order valence-electron chi connectivity index (χ2n) is 3.77.